The molecule has 1 aliphatic heterocycles. The Balaban J connectivity index is 2.19. The zero-order valence-electron chi connectivity index (χ0n) is 6.82. The molecule has 0 spiro atoms. The summed E-state index contributed by atoms with van der Waals surface area (Å²) in [6.45, 7) is 2.56. The Labute approximate surface area is 69.8 Å². The van der Waals surface area contributed by atoms with Crippen molar-refractivity contribution >= 4 is 0 Å². The van der Waals surface area contributed by atoms with Crippen molar-refractivity contribution in [2.24, 2.45) is 0 Å². The van der Waals surface area contributed by atoms with E-state index in [0.717, 1.165) is 13.0 Å². The molecule has 2 atom stereocenters. The summed E-state index contributed by atoms with van der Waals surface area (Å²) in [6, 6.07) is -0.175. The zero-order valence-corrected chi connectivity index (χ0v) is 6.82. The van der Waals surface area contributed by atoms with Crippen molar-refractivity contribution in [1.29, 1.82) is 0 Å². The van der Waals surface area contributed by atoms with Gasteiger partial charge in [-0.2, -0.15) is 4.98 Å². The van der Waals surface area contributed by atoms with Gasteiger partial charge < -0.3 is 14.9 Å². The van der Waals surface area contributed by atoms with Crippen LogP contribution in [0.4, 0.5) is 0 Å². The molecule has 5 nitrogen and oxygen atoms in total. The lowest BCUT2D eigenvalue weighted by molar-refractivity contribution is 0.142. The topological polar surface area (TPSA) is 71.2 Å². The molecule has 2 heterocycles. The van der Waals surface area contributed by atoms with Crippen LogP contribution in [0.25, 0.3) is 0 Å². The maximum absolute atomic E-state index is 9.46. The Hall–Kier alpha value is -0.940. The van der Waals surface area contributed by atoms with E-state index in [4.69, 9.17) is 4.52 Å². The van der Waals surface area contributed by atoms with Gasteiger partial charge in [-0.25, -0.2) is 0 Å². The van der Waals surface area contributed by atoms with Gasteiger partial charge in [0, 0.05) is 0 Å². The molecule has 1 aromatic rings. The van der Waals surface area contributed by atoms with E-state index in [9.17, 15) is 5.11 Å². The monoisotopic (exact) mass is 169 g/mol. The van der Waals surface area contributed by atoms with E-state index >= 15 is 0 Å². The average Bonchev–Trinajstić information content (AvgIpc) is 2.58. The van der Waals surface area contributed by atoms with E-state index in [1.807, 2.05) is 0 Å². The van der Waals surface area contributed by atoms with Crippen molar-refractivity contribution in [1.82, 2.24) is 15.5 Å². The summed E-state index contributed by atoms with van der Waals surface area (Å²) in [5.74, 6) is 1.09. The van der Waals surface area contributed by atoms with E-state index in [1.54, 1.807) is 6.92 Å². The van der Waals surface area contributed by atoms with E-state index < -0.39 is 6.10 Å². The van der Waals surface area contributed by atoms with Gasteiger partial charge in [0.1, 0.15) is 6.04 Å². The van der Waals surface area contributed by atoms with Crippen LogP contribution in [0.5, 0.6) is 0 Å². The van der Waals surface area contributed by atoms with Crippen LogP contribution in [0.3, 0.4) is 0 Å². The molecule has 2 unspecified atom stereocenters. The molecule has 0 radical (unpaired) electrons. The van der Waals surface area contributed by atoms with Crippen LogP contribution in [-0.2, 0) is 0 Å². The maximum atomic E-state index is 9.46. The lowest BCUT2D eigenvalue weighted by atomic mass is 10.2. The van der Waals surface area contributed by atoms with E-state index in [2.05, 4.69) is 15.5 Å². The van der Waals surface area contributed by atoms with Gasteiger partial charge in [0.15, 0.2) is 5.82 Å². The molecular formula is C7H11N3O2. The first-order valence-electron chi connectivity index (χ1n) is 3.99. The Morgan fingerprint density at radius 2 is 2.50 bits per heavy atom. The molecule has 1 fully saturated rings. The zero-order chi connectivity index (χ0) is 8.55. The molecule has 1 aromatic heterocycles. The van der Waals surface area contributed by atoms with Crippen molar-refractivity contribution in [2.75, 3.05) is 6.54 Å². The normalized spacial score (nSPS) is 29.5. The van der Waals surface area contributed by atoms with Crippen molar-refractivity contribution < 1.29 is 9.63 Å². The van der Waals surface area contributed by atoms with Gasteiger partial charge in [0.2, 0.25) is 5.89 Å². The highest BCUT2D eigenvalue weighted by Gasteiger charge is 2.30. The van der Waals surface area contributed by atoms with Gasteiger partial charge in [-0.15, -0.1) is 0 Å². The number of nitrogens with one attached hydrogen (secondary N) is 1. The quantitative estimate of drug-likeness (QED) is 0.607. The maximum Gasteiger partial charge on any atom is 0.246 e. The van der Waals surface area contributed by atoms with E-state index in [0.29, 0.717) is 11.7 Å². The number of aryl methyl sites for hydroxylation is 1. The summed E-state index contributed by atoms with van der Waals surface area (Å²) in [5.41, 5.74) is 0. The lowest BCUT2D eigenvalue weighted by Crippen LogP contribution is -2.21. The Morgan fingerprint density at radius 1 is 1.67 bits per heavy atom. The number of nitrogens with zero attached hydrogens (tertiary/aromatic N) is 2. The van der Waals surface area contributed by atoms with Crippen molar-refractivity contribution in [2.45, 2.75) is 25.5 Å². The highest BCUT2D eigenvalue weighted by molar-refractivity contribution is 4.98. The van der Waals surface area contributed by atoms with E-state index in [1.165, 1.54) is 0 Å². The minimum absolute atomic E-state index is 0.175. The first-order chi connectivity index (χ1) is 5.77. The molecule has 0 bridgehead atoms. The SMILES string of the molecule is Cc1noc(C2NCCC2O)n1. The van der Waals surface area contributed by atoms with Crippen LogP contribution < -0.4 is 5.32 Å². The fraction of sp³-hybridized carbons (Fsp3) is 0.714. The van der Waals surface area contributed by atoms with Gasteiger partial charge in [-0.1, -0.05) is 5.16 Å². The van der Waals surface area contributed by atoms with Crippen LogP contribution >= 0.6 is 0 Å². The second-order valence-electron chi connectivity index (χ2n) is 2.97. The third-order valence-electron chi connectivity index (χ3n) is 2.00. The second-order valence-corrected chi connectivity index (χ2v) is 2.97. The molecule has 0 amide bonds. The Bertz CT molecular complexity index is 273. The highest BCUT2D eigenvalue weighted by Crippen LogP contribution is 2.21. The van der Waals surface area contributed by atoms with Gasteiger partial charge >= 0.3 is 0 Å². The minimum atomic E-state index is -0.398. The molecule has 1 saturated heterocycles. The molecule has 12 heavy (non-hydrogen) atoms. The molecule has 0 aromatic carbocycles. The van der Waals surface area contributed by atoms with Crippen molar-refractivity contribution in [3.8, 4) is 0 Å². The fourth-order valence-corrected chi connectivity index (χ4v) is 1.38. The first kappa shape index (κ1) is 7.70. The average molecular weight is 169 g/mol. The van der Waals surface area contributed by atoms with Crippen LogP contribution in [0.15, 0.2) is 4.52 Å². The summed E-state index contributed by atoms with van der Waals surface area (Å²) in [5, 5.41) is 16.2. The van der Waals surface area contributed by atoms with E-state index in [-0.39, 0.29) is 6.04 Å². The number of rotatable bonds is 1. The Morgan fingerprint density at radius 3 is 3.00 bits per heavy atom. The third-order valence-corrected chi connectivity index (χ3v) is 2.00. The summed E-state index contributed by atoms with van der Waals surface area (Å²) in [6.07, 6.45) is 0.344. The van der Waals surface area contributed by atoms with Gasteiger partial charge in [-0.05, 0) is 19.9 Å². The van der Waals surface area contributed by atoms with Crippen molar-refractivity contribution in [3.05, 3.63) is 11.7 Å². The molecule has 66 valence electrons. The predicted octanol–water partition coefficient (Wildman–Crippen LogP) is -0.227. The van der Waals surface area contributed by atoms with Crippen LogP contribution in [0, 0.1) is 6.92 Å². The summed E-state index contributed by atoms with van der Waals surface area (Å²) in [4.78, 5) is 4.04. The molecular weight excluding hydrogens is 158 g/mol. The summed E-state index contributed by atoms with van der Waals surface area (Å²) < 4.78 is 4.94. The van der Waals surface area contributed by atoms with Gasteiger partial charge in [-0.3, -0.25) is 0 Å². The molecule has 1 aliphatic rings. The van der Waals surface area contributed by atoms with Crippen LogP contribution in [0.1, 0.15) is 24.2 Å². The first-order valence-corrected chi connectivity index (χ1v) is 3.99. The largest absolute Gasteiger partial charge is 0.391 e. The number of hydrogen-bond acceptors (Lipinski definition) is 5. The summed E-state index contributed by atoms with van der Waals surface area (Å²) >= 11 is 0. The predicted molar refractivity (Wildman–Crippen MR) is 40.4 cm³/mol. The second kappa shape index (κ2) is 2.84. The molecule has 0 aliphatic carbocycles. The van der Waals surface area contributed by atoms with Gasteiger partial charge in [0.05, 0.1) is 6.10 Å². The number of aromatic nitrogens is 2. The van der Waals surface area contributed by atoms with Gasteiger partial charge in [0.25, 0.3) is 0 Å². The van der Waals surface area contributed by atoms with Crippen molar-refractivity contribution in [3.63, 3.8) is 0 Å². The number of hydrogen-bond donors (Lipinski definition) is 2. The smallest absolute Gasteiger partial charge is 0.246 e. The van der Waals surface area contributed by atoms with Crippen LogP contribution in [0.2, 0.25) is 0 Å². The fourth-order valence-electron chi connectivity index (χ4n) is 1.38. The molecule has 2 N–H and O–H groups in total. The third kappa shape index (κ3) is 1.21. The minimum Gasteiger partial charge on any atom is -0.391 e. The standard InChI is InChI=1S/C7H11N3O2/c1-4-9-7(12-10-4)6-5(11)2-3-8-6/h5-6,8,11H,2-3H2,1H3. The lowest BCUT2D eigenvalue weighted by Gasteiger charge is -2.07. The van der Waals surface area contributed by atoms with Crippen LogP contribution in [-0.4, -0.2) is 27.9 Å². The number of aliphatic hydroxyl groups excluding tert-OH is 1. The number of aliphatic hydroxyl groups is 1. The molecule has 0 saturated carbocycles. The highest BCUT2D eigenvalue weighted by atomic mass is 16.5. The Kier molecular flexibility index (Phi) is 1.82. The molecule has 2 rings (SSSR count). The summed E-state index contributed by atoms with van der Waals surface area (Å²) in [7, 11) is 0. The molecule has 5 heteroatoms.